The maximum Gasteiger partial charge on any atom is 0.333 e. The van der Waals surface area contributed by atoms with Gasteiger partial charge in [-0.15, -0.1) is 10.2 Å². The van der Waals surface area contributed by atoms with E-state index in [9.17, 15) is 0 Å². The molecule has 1 fully saturated rings. The summed E-state index contributed by atoms with van der Waals surface area (Å²) in [6.07, 6.45) is 4.10. The van der Waals surface area contributed by atoms with Crippen LogP contribution in [-0.4, -0.2) is 17.5 Å². The average Bonchev–Trinajstić information content (AvgIpc) is 2.64. The Morgan fingerprint density at radius 3 is 2.06 bits per heavy atom. The van der Waals surface area contributed by atoms with Crippen molar-refractivity contribution in [3.8, 4) is 0 Å². The molecule has 0 spiro atoms. The zero-order valence-electron chi connectivity index (χ0n) is 9.26. The molecule has 2 rings (SSSR count). The van der Waals surface area contributed by atoms with Crippen molar-refractivity contribution in [2.75, 3.05) is 13.1 Å². The predicted octanol–water partition coefficient (Wildman–Crippen LogP) is -3.29. The SMILES string of the molecule is Cc1nsc(=[N+]2CCCCC2)s1.[O-][Cl+3]([O-])([O-])[O-]. The second kappa shape index (κ2) is 6.74. The lowest BCUT2D eigenvalue weighted by Gasteiger charge is -2.17. The molecular weight excluding hydrogens is 288 g/mol. The second-order valence-electron chi connectivity index (χ2n) is 3.50. The highest BCUT2D eigenvalue weighted by Gasteiger charge is 2.13. The van der Waals surface area contributed by atoms with Gasteiger partial charge in [-0.25, -0.2) is 23.2 Å². The van der Waals surface area contributed by atoms with Gasteiger partial charge in [0.2, 0.25) is 0 Å². The summed E-state index contributed by atoms with van der Waals surface area (Å²) in [4.78, 5) is 0. The van der Waals surface area contributed by atoms with Crippen molar-refractivity contribution in [3.05, 3.63) is 8.99 Å². The number of hydrogen-bond acceptors (Lipinski definition) is 7. The van der Waals surface area contributed by atoms with Crippen molar-refractivity contribution in [2.45, 2.75) is 26.2 Å². The number of hydrogen-bond donors (Lipinski definition) is 0. The highest BCUT2D eigenvalue weighted by atomic mass is 35.7. The first-order chi connectivity index (χ1) is 7.86. The largest absolute Gasteiger partial charge is 0.333 e. The predicted molar refractivity (Wildman–Crippen MR) is 53.6 cm³/mol. The number of rotatable bonds is 0. The maximum atomic E-state index is 8.49. The first-order valence-electron chi connectivity index (χ1n) is 4.99. The molecule has 9 heteroatoms. The molecule has 0 bridgehead atoms. The van der Waals surface area contributed by atoms with E-state index in [2.05, 4.69) is 15.9 Å². The molecule has 2 heterocycles. The molecule has 17 heavy (non-hydrogen) atoms. The monoisotopic (exact) mass is 300 g/mol. The molecule has 1 aromatic rings. The fourth-order valence-electron chi connectivity index (χ4n) is 1.47. The third kappa shape index (κ3) is 7.04. The number of aromatic nitrogens is 1. The van der Waals surface area contributed by atoms with E-state index in [0.717, 1.165) is 0 Å². The minimum absolute atomic E-state index is 1.19. The van der Waals surface area contributed by atoms with Crippen LogP contribution in [0.3, 0.4) is 0 Å². The van der Waals surface area contributed by atoms with Crippen molar-refractivity contribution in [1.29, 1.82) is 0 Å². The first-order valence-corrected chi connectivity index (χ1v) is 7.82. The quantitative estimate of drug-likeness (QED) is 0.467. The van der Waals surface area contributed by atoms with Crippen LogP contribution >= 0.6 is 22.9 Å². The number of aryl methyl sites for hydroxylation is 1. The van der Waals surface area contributed by atoms with E-state index in [1.54, 1.807) is 11.5 Å². The van der Waals surface area contributed by atoms with Crippen LogP contribution in [0, 0.1) is 17.2 Å². The Labute approximate surface area is 109 Å². The van der Waals surface area contributed by atoms with Gasteiger partial charge in [-0.1, -0.05) is 0 Å². The van der Waals surface area contributed by atoms with Gasteiger partial charge in [0.15, 0.2) is 0 Å². The summed E-state index contributed by atoms with van der Waals surface area (Å²) in [6.45, 7) is 4.55. The Hall–Kier alpha value is -0.0900. The smallest absolute Gasteiger partial charge is 0.222 e. The maximum absolute atomic E-state index is 8.49. The zero-order chi connectivity index (χ0) is 12.9. The Balaban J connectivity index is 0.000000249. The molecule has 0 aromatic carbocycles. The zero-order valence-corrected chi connectivity index (χ0v) is 11.6. The van der Waals surface area contributed by atoms with Crippen LogP contribution in [0.4, 0.5) is 0 Å². The van der Waals surface area contributed by atoms with E-state index in [4.69, 9.17) is 18.6 Å². The Kier molecular flexibility index (Phi) is 5.93. The summed E-state index contributed by atoms with van der Waals surface area (Å²) >= 11 is 3.48. The van der Waals surface area contributed by atoms with Gasteiger partial charge >= 0.3 is 3.98 Å². The third-order valence-electron chi connectivity index (χ3n) is 2.10. The molecule has 1 aromatic heterocycles. The van der Waals surface area contributed by atoms with Gasteiger partial charge in [-0.05, 0) is 24.7 Å². The van der Waals surface area contributed by atoms with Crippen molar-refractivity contribution < 1.29 is 28.9 Å². The average molecular weight is 301 g/mol. The molecule has 6 nitrogen and oxygen atoms in total. The van der Waals surface area contributed by atoms with Crippen molar-refractivity contribution in [2.24, 2.45) is 0 Å². The first kappa shape index (κ1) is 15.0. The molecule has 1 saturated heterocycles. The lowest BCUT2D eigenvalue weighted by molar-refractivity contribution is -2.00. The van der Waals surface area contributed by atoms with Crippen LogP contribution in [-0.2, 0) is 0 Å². The van der Waals surface area contributed by atoms with Gasteiger partial charge in [-0.2, -0.15) is 4.37 Å². The van der Waals surface area contributed by atoms with E-state index in [1.165, 1.54) is 41.3 Å². The molecule has 0 radical (unpaired) electrons. The standard InChI is InChI=1S/C8H13N2S2.ClHO4/c1-7-9-12-8(11-7)10-5-3-2-4-6-10;2-1(3,4)5/h2-6H2,1H3;(H,2,3,4,5)/q+1;/p-1. The molecular formula is C8H13ClN2O4S2. The molecule has 0 atom stereocenters. The molecule has 1 aliphatic rings. The van der Waals surface area contributed by atoms with E-state index < -0.39 is 10.2 Å². The summed E-state index contributed by atoms with van der Waals surface area (Å²) in [5.41, 5.74) is 0. The highest BCUT2D eigenvalue weighted by molar-refractivity contribution is 7.23. The van der Waals surface area contributed by atoms with E-state index in [1.807, 2.05) is 11.3 Å². The minimum atomic E-state index is -4.94. The molecule has 0 saturated carbocycles. The Morgan fingerprint density at radius 1 is 1.12 bits per heavy atom. The summed E-state index contributed by atoms with van der Waals surface area (Å²) in [6, 6.07) is 0. The fraction of sp³-hybridized carbons (Fsp3) is 0.750. The van der Waals surface area contributed by atoms with Crippen LogP contribution < -0.4 is 27.2 Å². The van der Waals surface area contributed by atoms with Crippen molar-refractivity contribution in [1.82, 2.24) is 8.95 Å². The fourth-order valence-corrected chi connectivity index (χ4v) is 3.42. The van der Waals surface area contributed by atoms with Gasteiger partial charge in [0.25, 0.3) is 0 Å². The van der Waals surface area contributed by atoms with Gasteiger partial charge in [0.05, 0.1) is 0 Å². The summed E-state index contributed by atoms with van der Waals surface area (Å²) in [5.74, 6) is 0. The van der Waals surface area contributed by atoms with Crippen LogP contribution in [0.25, 0.3) is 0 Å². The van der Waals surface area contributed by atoms with Gasteiger partial charge in [0, 0.05) is 24.4 Å². The molecule has 0 unspecified atom stereocenters. The summed E-state index contributed by atoms with van der Waals surface area (Å²) in [7, 11) is -4.94. The summed E-state index contributed by atoms with van der Waals surface area (Å²) < 4.78 is 42.1. The van der Waals surface area contributed by atoms with Crippen LogP contribution in [0.15, 0.2) is 0 Å². The normalized spacial score (nSPS) is 16.4. The lowest BCUT2D eigenvalue weighted by Crippen LogP contribution is -2.68. The minimum Gasteiger partial charge on any atom is -0.222 e. The number of halogens is 1. The van der Waals surface area contributed by atoms with Crippen LogP contribution in [0.5, 0.6) is 0 Å². The molecule has 98 valence electrons. The summed E-state index contributed by atoms with van der Waals surface area (Å²) in [5, 5.41) is 1.19. The van der Waals surface area contributed by atoms with Crippen LogP contribution in [0.1, 0.15) is 24.3 Å². The van der Waals surface area contributed by atoms with E-state index in [0.29, 0.717) is 0 Å². The van der Waals surface area contributed by atoms with E-state index >= 15 is 0 Å². The Morgan fingerprint density at radius 2 is 1.65 bits per heavy atom. The van der Waals surface area contributed by atoms with Crippen molar-refractivity contribution >= 4 is 22.9 Å². The van der Waals surface area contributed by atoms with Crippen molar-refractivity contribution in [3.63, 3.8) is 0 Å². The highest BCUT2D eigenvalue weighted by Crippen LogP contribution is 2.04. The second-order valence-corrected chi connectivity index (χ2v) is 6.44. The lowest BCUT2D eigenvalue weighted by atomic mass is 10.2. The topological polar surface area (TPSA) is 108 Å². The molecule has 0 aliphatic carbocycles. The molecule has 0 amide bonds. The number of piperidine rings is 1. The third-order valence-corrected chi connectivity index (χ3v) is 4.29. The van der Waals surface area contributed by atoms with Gasteiger partial charge in [0.1, 0.15) is 18.1 Å². The van der Waals surface area contributed by atoms with Gasteiger partial charge in [-0.3, -0.25) is 0 Å². The Bertz CT molecular complexity index is 398. The molecule has 0 N–H and O–H groups in total. The van der Waals surface area contributed by atoms with Gasteiger partial charge < -0.3 is 0 Å². The van der Waals surface area contributed by atoms with Crippen LogP contribution in [0.2, 0.25) is 0 Å². The van der Waals surface area contributed by atoms with E-state index in [-0.39, 0.29) is 0 Å². The molecule has 1 aliphatic heterocycles. The number of nitrogens with zero attached hydrogens (tertiary/aromatic N) is 2.